The van der Waals surface area contributed by atoms with E-state index in [2.05, 4.69) is 9.80 Å². The molecule has 2 aliphatic heterocycles. The average molecular weight is 331 g/mol. The summed E-state index contributed by atoms with van der Waals surface area (Å²) in [4.78, 5) is 30.4. The van der Waals surface area contributed by atoms with Gasteiger partial charge in [0.2, 0.25) is 11.8 Å². The Morgan fingerprint density at radius 2 is 1.42 bits per heavy atom. The van der Waals surface area contributed by atoms with Crippen molar-refractivity contribution < 1.29 is 9.59 Å². The maximum absolute atomic E-state index is 12.3. The molecule has 0 aromatic carbocycles. The summed E-state index contributed by atoms with van der Waals surface area (Å²) >= 11 is 0. The zero-order valence-electron chi connectivity index (χ0n) is 14.7. The lowest BCUT2D eigenvalue weighted by atomic mass is 9.52. The van der Waals surface area contributed by atoms with Gasteiger partial charge in [-0.05, 0) is 56.3 Å². The van der Waals surface area contributed by atoms with Crippen LogP contribution in [0, 0.1) is 17.8 Å². The van der Waals surface area contributed by atoms with Gasteiger partial charge >= 0.3 is 0 Å². The summed E-state index contributed by atoms with van der Waals surface area (Å²) in [6.45, 7) is 4.04. The van der Waals surface area contributed by atoms with Gasteiger partial charge in [-0.1, -0.05) is 0 Å². The van der Waals surface area contributed by atoms with Gasteiger partial charge in [0.15, 0.2) is 0 Å². The fourth-order valence-corrected chi connectivity index (χ4v) is 6.98. The number of carbonyl (C=O) groups excluding carboxylic acids is 2. The molecule has 2 amide bonds. The van der Waals surface area contributed by atoms with E-state index in [4.69, 9.17) is 0 Å². The summed E-state index contributed by atoms with van der Waals surface area (Å²) in [6.07, 6.45) is 9.11. The lowest BCUT2D eigenvalue weighted by Gasteiger charge is -2.61. The Morgan fingerprint density at radius 3 is 1.88 bits per heavy atom. The number of carbonyl (C=O) groups is 2. The first-order valence-corrected chi connectivity index (χ1v) is 9.83. The molecule has 24 heavy (non-hydrogen) atoms. The Balaban J connectivity index is 1.26. The van der Waals surface area contributed by atoms with Crippen LogP contribution in [-0.2, 0) is 9.59 Å². The predicted molar refractivity (Wildman–Crippen MR) is 90.2 cm³/mol. The summed E-state index contributed by atoms with van der Waals surface area (Å²) in [5.74, 6) is 2.93. The van der Waals surface area contributed by atoms with Gasteiger partial charge < -0.3 is 0 Å². The highest BCUT2D eigenvalue weighted by molar-refractivity contribution is 6.05. The molecule has 2 saturated heterocycles. The van der Waals surface area contributed by atoms with Crippen LogP contribution in [0.4, 0.5) is 0 Å². The van der Waals surface area contributed by atoms with Crippen LogP contribution < -0.4 is 0 Å². The summed E-state index contributed by atoms with van der Waals surface area (Å²) in [5, 5.41) is 0. The summed E-state index contributed by atoms with van der Waals surface area (Å²) in [6, 6.07) is -0.194. The normalized spacial score (nSPS) is 46.3. The van der Waals surface area contributed by atoms with Crippen LogP contribution in [0.2, 0.25) is 0 Å². The number of rotatable bonds is 2. The van der Waals surface area contributed by atoms with E-state index < -0.39 is 0 Å². The number of piperazine rings is 1. The molecule has 6 rings (SSSR count). The van der Waals surface area contributed by atoms with Gasteiger partial charge in [-0.25, -0.2) is 0 Å². The molecule has 6 fully saturated rings. The molecule has 5 heteroatoms. The van der Waals surface area contributed by atoms with E-state index in [9.17, 15) is 9.59 Å². The molecule has 2 heterocycles. The van der Waals surface area contributed by atoms with Crippen LogP contribution in [-0.4, -0.2) is 71.3 Å². The minimum atomic E-state index is -0.194. The van der Waals surface area contributed by atoms with Gasteiger partial charge in [-0.15, -0.1) is 0 Å². The Labute approximate surface area is 144 Å². The minimum Gasteiger partial charge on any atom is -0.295 e. The van der Waals surface area contributed by atoms with Crippen LogP contribution in [0.5, 0.6) is 0 Å². The van der Waals surface area contributed by atoms with Crippen molar-refractivity contribution in [1.29, 1.82) is 0 Å². The molecule has 0 aromatic heterocycles. The second kappa shape index (κ2) is 5.28. The van der Waals surface area contributed by atoms with Crippen LogP contribution in [0.3, 0.4) is 0 Å². The predicted octanol–water partition coefficient (Wildman–Crippen LogP) is 1.33. The van der Waals surface area contributed by atoms with Crippen LogP contribution in [0.1, 0.15) is 44.9 Å². The third-order valence-corrected chi connectivity index (χ3v) is 7.79. The molecular formula is C19H29N3O2. The molecule has 5 nitrogen and oxygen atoms in total. The number of amides is 2. The van der Waals surface area contributed by atoms with Crippen molar-refractivity contribution in [2.24, 2.45) is 17.8 Å². The number of likely N-dealkylation sites (tertiary alicyclic amines) is 1. The Morgan fingerprint density at radius 1 is 0.875 bits per heavy atom. The van der Waals surface area contributed by atoms with Crippen LogP contribution in [0.25, 0.3) is 0 Å². The van der Waals surface area contributed by atoms with E-state index in [0.717, 1.165) is 43.9 Å². The maximum Gasteiger partial charge on any atom is 0.246 e. The van der Waals surface area contributed by atoms with E-state index in [0.29, 0.717) is 12.0 Å². The number of hydrogen-bond donors (Lipinski definition) is 0. The van der Waals surface area contributed by atoms with E-state index in [1.54, 1.807) is 7.05 Å². The first-order chi connectivity index (χ1) is 11.5. The molecule has 0 N–H and O–H groups in total. The topological polar surface area (TPSA) is 43.9 Å². The fraction of sp³-hybridized carbons (Fsp3) is 0.895. The highest BCUT2D eigenvalue weighted by Crippen LogP contribution is 2.57. The SMILES string of the molecule is CN1C(=O)C[C@@H](N2CCN(C34CC5CC(CC(C5)C3)C4)CC2)C1=O. The number of nitrogens with zero attached hydrogens (tertiary/aromatic N) is 3. The van der Waals surface area contributed by atoms with Crippen molar-refractivity contribution in [3.63, 3.8) is 0 Å². The van der Waals surface area contributed by atoms with Crippen molar-refractivity contribution in [3.8, 4) is 0 Å². The van der Waals surface area contributed by atoms with Gasteiger partial charge in [0.25, 0.3) is 0 Å². The largest absolute Gasteiger partial charge is 0.295 e. The van der Waals surface area contributed by atoms with Gasteiger partial charge in [0, 0.05) is 38.8 Å². The molecule has 4 saturated carbocycles. The molecule has 132 valence electrons. The number of likely N-dealkylation sites (N-methyl/N-ethyl adjacent to an activating group) is 1. The highest BCUT2D eigenvalue weighted by Gasteiger charge is 2.54. The lowest BCUT2D eigenvalue weighted by molar-refractivity contribution is -0.138. The average Bonchev–Trinajstić information content (AvgIpc) is 2.81. The Hall–Kier alpha value is -0.940. The lowest BCUT2D eigenvalue weighted by Crippen LogP contribution is -2.64. The van der Waals surface area contributed by atoms with E-state index in [1.165, 1.54) is 43.4 Å². The third kappa shape index (κ3) is 2.20. The van der Waals surface area contributed by atoms with Crippen LogP contribution in [0.15, 0.2) is 0 Å². The monoisotopic (exact) mass is 331 g/mol. The van der Waals surface area contributed by atoms with Gasteiger partial charge in [-0.3, -0.25) is 24.3 Å². The second-order valence-electron chi connectivity index (χ2n) is 9.18. The molecule has 0 aromatic rings. The zero-order valence-corrected chi connectivity index (χ0v) is 14.7. The zero-order chi connectivity index (χ0) is 16.5. The molecule has 0 unspecified atom stereocenters. The number of hydrogen-bond acceptors (Lipinski definition) is 4. The van der Waals surface area contributed by atoms with E-state index >= 15 is 0 Å². The molecule has 6 aliphatic rings. The van der Waals surface area contributed by atoms with E-state index in [1.807, 2.05) is 0 Å². The molecule has 4 bridgehead atoms. The van der Waals surface area contributed by atoms with Crippen LogP contribution >= 0.6 is 0 Å². The smallest absolute Gasteiger partial charge is 0.246 e. The second-order valence-corrected chi connectivity index (χ2v) is 9.18. The third-order valence-electron chi connectivity index (χ3n) is 7.79. The van der Waals surface area contributed by atoms with Crippen molar-refractivity contribution in [3.05, 3.63) is 0 Å². The van der Waals surface area contributed by atoms with E-state index in [-0.39, 0.29) is 17.9 Å². The highest BCUT2D eigenvalue weighted by atomic mass is 16.2. The molecule has 1 atom stereocenters. The first-order valence-electron chi connectivity index (χ1n) is 9.83. The Kier molecular flexibility index (Phi) is 3.37. The molecule has 0 spiro atoms. The maximum atomic E-state index is 12.3. The van der Waals surface area contributed by atoms with Gasteiger partial charge in [0.05, 0.1) is 12.5 Å². The quantitative estimate of drug-likeness (QED) is 0.716. The molecular weight excluding hydrogens is 302 g/mol. The van der Waals surface area contributed by atoms with Crippen molar-refractivity contribution >= 4 is 11.8 Å². The van der Waals surface area contributed by atoms with Crippen molar-refractivity contribution in [2.75, 3.05) is 33.2 Å². The summed E-state index contributed by atoms with van der Waals surface area (Å²) in [7, 11) is 1.62. The van der Waals surface area contributed by atoms with Crippen molar-refractivity contribution in [1.82, 2.24) is 14.7 Å². The first kappa shape index (κ1) is 15.3. The Bertz CT molecular complexity index is 532. The molecule has 4 aliphatic carbocycles. The minimum absolute atomic E-state index is 0.00301. The van der Waals surface area contributed by atoms with Crippen molar-refractivity contribution in [2.45, 2.75) is 56.5 Å². The molecule has 0 radical (unpaired) electrons. The standard InChI is InChI=1S/C19H29N3O2/c1-20-17(23)9-16(18(20)24)21-2-4-22(5-3-21)19-10-13-6-14(11-19)8-15(7-13)12-19/h13-16H,2-12H2,1H3/t13?,14?,15?,16-,19?/m1/s1. The summed E-state index contributed by atoms with van der Waals surface area (Å²) < 4.78 is 0. The van der Waals surface area contributed by atoms with Gasteiger partial charge in [0.1, 0.15) is 0 Å². The van der Waals surface area contributed by atoms with Gasteiger partial charge in [-0.2, -0.15) is 0 Å². The fourth-order valence-electron chi connectivity index (χ4n) is 6.98. The number of imide groups is 1. The summed E-state index contributed by atoms with van der Waals surface area (Å²) in [5.41, 5.74) is 0.479.